The number of β-amino-alcohol motifs (C(OH)–C–C–N with tert-alkyl or cyclic N) is 1. The second-order valence-electron chi connectivity index (χ2n) is 4.58. The lowest BCUT2D eigenvalue weighted by atomic mass is 10.0. The molecule has 2 heterocycles. The molecular weight excluding hydrogens is 214 g/mol. The molecule has 2 saturated heterocycles. The summed E-state index contributed by atoms with van der Waals surface area (Å²) < 4.78 is 15.8. The van der Waals surface area contributed by atoms with Crippen molar-refractivity contribution < 1.29 is 24.1 Å². The molecule has 1 N–H and O–H groups in total. The summed E-state index contributed by atoms with van der Waals surface area (Å²) in [4.78, 5) is 12.8. The van der Waals surface area contributed by atoms with Crippen molar-refractivity contribution in [1.82, 2.24) is 4.90 Å². The van der Waals surface area contributed by atoms with Crippen molar-refractivity contribution in [3.63, 3.8) is 0 Å². The molecule has 6 heteroatoms. The molecule has 2 aliphatic heterocycles. The SMILES string of the molecule is COC(=O)N1CC(O)C2OC(C)(C)OC2C1. The first-order valence-corrected chi connectivity index (χ1v) is 5.29. The van der Waals surface area contributed by atoms with Gasteiger partial charge in [0.15, 0.2) is 5.79 Å². The van der Waals surface area contributed by atoms with Crippen LogP contribution in [0.1, 0.15) is 13.8 Å². The molecule has 0 saturated carbocycles. The van der Waals surface area contributed by atoms with Gasteiger partial charge in [0, 0.05) is 0 Å². The minimum atomic E-state index is -0.736. The molecule has 0 spiro atoms. The summed E-state index contributed by atoms with van der Waals surface area (Å²) in [7, 11) is 1.32. The summed E-state index contributed by atoms with van der Waals surface area (Å²) in [5, 5.41) is 9.87. The minimum Gasteiger partial charge on any atom is -0.453 e. The number of ether oxygens (including phenoxy) is 3. The molecule has 6 nitrogen and oxygen atoms in total. The fraction of sp³-hybridized carbons (Fsp3) is 0.900. The smallest absolute Gasteiger partial charge is 0.409 e. The number of carbonyl (C=O) groups excluding carboxylic acids is 1. The topological polar surface area (TPSA) is 68.2 Å². The summed E-state index contributed by atoms with van der Waals surface area (Å²) in [5.41, 5.74) is 0. The Bertz CT molecular complexity index is 293. The zero-order valence-corrected chi connectivity index (χ0v) is 9.67. The van der Waals surface area contributed by atoms with Crippen LogP contribution in [-0.2, 0) is 14.2 Å². The van der Waals surface area contributed by atoms with Crippen LogP contribution in [-0.4, -0.2) is 60.4 Å². The van der Waals surface area contributed by atoms with Crippen LogP contribution >= 0.6 is 0 Å². The number of nitrogens with zero attached hydrogens (tertiary/aromatic N) is 1. The lowest BCUT2D eigenvalue weighted by molar-refractivity contribution is -0.152. The Kier molecular flexibility index (Phi) is 2.81. The number of fused-ring (bicyclic) bond motifs is 1. The summed E-state index contributed by atoms with van der Waals surface area (Å²) in [5.74, 6) is -0.706. The third kappa shape index (κ3) is 2.00. The van der Waals surface area contributed by atoms with Crippen molar-refractivity contribution in [2.75, 3.05) is 20.2 Å². The van der Waals surface area contributed by atoms with Gasteiger partial charge < -0.3 is 24.2 Å². The number of amides is 1. The number of aliphatic hydroxyl groups is 1. The number of piperidine rings is 1. The molecule has 16 heavy (non-hydrogen) atoms. The van der Waals surface area contributed by atoms with E-state index in [0.29, 0.717) is 6.54 Å². The lowest BCUT2D eigenvalue weighted by Gasteiger charge is -2.35. The number of likely N-dealkylation sites (tertiary alicyclic amines) is 1. The first-order chi connectivity index (χ1) is 7.43. The van der Waals surface area contributed by atoms with Gasteiger partial charge in [-0.2, -0.15) is 0 Å². The van der Waals surface area contributed by atoms with Crippen molar-refractivity contribution in [2.45, 2.75) is 37.9 Å². The largest absolute Gasteiger partial charge is 0.453 e. The number of rotatable bonds is 0. The first-order valence-electron chi connectivity index (χ1n) is 5.29. The molecule has 0 aliphatic carbocycles. The van der Waals surface area contributed by atoms with E-state index in [2.05, 4.69) is 4.74 Å². The summed E-state index contributed by atoms with van der Waals surface area (Å²) in [6.45, 7) is 4.19. The van der Waals surface area contributed by atoms with Crippen LogP contribution in [0.4, 0.5) is 4.79 Å². The summed E-state index contributed by atoms with van der Waals surface area (Å²) in [6, 6.07) is 0. The quantitative estimate of drug-likeness (QED) is 0.633. The molecule has 0 radical (unpaired) electrons. The Morgan fingerprint density at radius 3 is 2.75 bits per heavy atom. The zero-order chi connectivity index (χ0) is 11.9. The number of hydrogen-bond acceptors (Lipinski definition) is 5. The highest BCUT2D eigenvalue weighted by Crippen LogP contribution is 2.33. The van der Waals surface area contributed by atoms with E-state index in [4.69, 9.17) is 9.47 Å². The van der Waals surface area contributed by atoms with Crippen molar-refractivity contribution in [2.24, 2.45) is 0 Å². The van der Waals surface area contributed by atoms with E-state index in [-0.39, 0.29) is 18.8 Å². The van der Waals surface area contributed by atoms with Crippen LogP contribution in [0.25, 0.3) is 0 Å². The predicted octanol–water partition coefficient (Wildman–Crippen LogP) is -0.0506. The average molecular weight is 231 g/mol. The van der Waals surface area contributed by atoms with Crippen LogP contribution in [0.2, 0.25) is 0 Å². The summed E-state index contributed by atoms with van der Waals surface area (Å²) in [6.07, 6.45) is -1.85. The van der Waals surface area contributed by atoms with Crippen molar-refractivity contribution >= 4 is 6.09 Å². The molecule has 92 valence electrons. The number of methoxy groups -OCH3 is 1. The molecule has 0 aromatic heterocycles. The summed E-state index contributed by atoms with van der Waals surface area (Å²) >= 11 is 0. The molecule has 2 fully saturated rings. The molecule has 3 atom stereocenters. The fourth-order valence-electron chi connectivity index (χ4n) is 2.23. The molecule has 3 unspecified atom stereocenters. The fourth-order valence-corrected chi connectivity index (χ4v) is 2.23. The van der Waals surface area contributed by atoms with Gasteiger partial charge in [0.2, 0.25) is 0 Å². The van der Waals surface area contributed by atoms with Crippen molar-refractivity contribution in [3.8, 4) is 0 Å². The van der Waals surface area contributed by atoms with Crippen molar-refractivity contribution in [1.29, 1.82) is 0 Å². The Labute approximate surface area is 94.1 Å². The Balaban J connectivity index is 2.07. The third-order valence-electron chi connectivity index (χ3n) is 2.84. The molecule has 0 bridgehead atoms. The van der Waals surface area contributed by atoms with Gasteiger partial charge in [-0.15, -0.1) is 0 Å². The van der Waals surface area contributed by atoms with E-state index in [1.54, 1.807) is 13.8 Å². The van der Waals surface area contributed by atoms with E-state index in [0.717, 1.165) is 0 Å². The predicted molar refractivity (Wildman–Crippen MR) is 53.8 cm³/mol. The van der Waals surface area contributed by atoms with Gasteiger partial charge in [-0.1, -0.05) is 0 Å². The highest BCUT2D eigenvalue weighted by molar-refractivity contribution is 5.67. The first kappa shape index (κ1) is 11.6. The molecular formula is C10H17NO5. The van der Waals surface area contributed by atoms with Gasteiger partial charge in [-0.3, -0.25) is 0 Å². The Morgan fingerprint density at radius 1 is 1.44 bits per heavy atom. The van der Waals surface area contributed by atoms with Gasteiger partial charge in [-0.05, 0) is 13.8 Å². The van der Waals surface area contributed by atoms with Crippen LogP contribution < -0.4 is 0 Å². The number of carbonyl (C=O) groups is 1. The van der Waals surface area contributed by atoms with Gasteiger partial charge in [-0.25, -0.2) is 4.79 Å². The third-order valence-corrected chi connectivity index (χ3v) is 2.84. The molecule has 2 aliphatic rings. The Morgan fingerprint density at radius 2 is 2.12 bits per heavy atom. The Hall–Kier alpha value is -0.850. The van der Waals surface area contributed by atoms with Crippen LogP contribution in [0, 0.1) is 0 Å². The molecule has 0 aromatic carbocycles. The molecule has 2 rings (SSSR count). The average Bonchev–Trinajstić information content (AvgIpc) is 2.52. The highest BCUT2D eigenvalue weighted by Gasteiger charge is 2.49. The van der Waals surface area contributed by atoms with E-state index in [1.807, 2.05) is 0 Å². The maximum absolute atomic E-state index is 11.4. The number of hydrogen-bond donors (Lipinski definition) is 1. The molecule has 1 amide bonds. The molecule has 0 aromatic rings. The normalized spacial score (nSPS) is 37.0. The van der Waals surface area contributed by atoms with Crippen molar-refractivity contribution in [3.05, 3.63) is 0 Å². The van der Waals surface area contributed by atoms with E-state index < -0.39 is 18.0 Å². The van der Waals surface area contributed by atoms with Crippen LogP contribution in [0.15, 0.2) is 0 Å². The number of aliphatic hydroxyl groups excluding tert-OH is 1. The highest BCUT2D eigenvalue weighted by atomic mass is 16.8. The lowest BCUT2D eigenvalue weighted by Crippen LogP contribution is -2.55. The maximum atomic E-state index is 11.4. The van der Waals surface area contributed by atoms with E-state index >= 15 is 0 Å². The van der Waals surface area contributed by atoms with Crippen LogP contribution in [0.3, 0.4) is 0 Å². The maximum Gasteiger partial charge on any atom is 0.409 e. The van der Waals surface area contributed by atoms with E-state index in [1.165, 1.54) is 12.0 Å². The monoisotopic (exact) mass is 231 g/mol. The van der Waals surface area contributed by atoms with Crippen LogP contribution in [0.5, 0.6) is 0 Å². The second kappa shape index (κ2) is 3.87. The van der Waals surface area contributed by atoms with Gasteiger partial charge in [0.25, 0.3) is 0 Å². The van der Waals surface area contributed by atoms with Gasteiger partial charge >= 0.3 is 6.09 Å². The second-order valence-corrected chi connectivity index (χ2v) is 4.58. The minimum absolute atomic E-state index is 0.216. The van der Waals surface area contributed by atoms with E-state index in [9.17, 15) is 9.90 Å². The standard InChI is InChI=1S/C10H17NO5/c1-10(2)15-7-5-11(9(13)14-3)4-6(12)8(7)16-10/h6-8,12H,4-5H2,1-3H3. The zero-order valence-electron chi connectivity index (χ0n) is 9.67. The van der Waals surface area contributed by atoms with Gasteiger partial charge in [0.1, 0.15) is 18.3 Å². The van der Waals surface area contributed by atoms with Gasteiger partial charge in [0.05, 0.1) is 20.2 Å².